The normalized spacial score (nSPS) is 11.2. The van der Waals surface area contributed by atoms with Gasteiger partial charge < -0.3 is 21.7 Å². The number of unbranched alkanes of at least 4 members (excludes halogenated alkanes) is 5. The summed E-state index contributed by atoms with van der Waals surface area (Å²) in [5, 5.41) is 46.3. The number of hydrogen-bond donors (Lipinski definition) is 9. The average Bonchev–Trinajstić information content (AvgIpc) is 2.63. The summed E-state index contributed by atoms with van der Waals surface area (Å²) in [6.07, 6.45) is 10.9. The number of guanidine groups is 3. The van der Waals surface area contributed by atoms with Crippen molar-refractivity contribution in [1.82, 2.24) is 26.6 Å². The number of nitrogens with zero attached hydrogens (tertiary/aromatic N) is 1. The van der Waals surface area contributed by atoms with E-state index >= 15 is 0 Å². The van der Waals surface area contributed by atoms with Gasteiger partial charge in [0, 0.05) is 17.6 Å². The SMILES string of the molecule is CC(C)(CCCCCNC(=N)NC(=N)NC(C)(C)CCCCCCN)NC(=N)NC#N. The second-order valence-electron chi connectivity index (χ2n) is 9.19. The zero-order chi connectivity index (χ0) is 23.8. The van der Waals surface area contributed by atoms with Crippen molar-refractivity contribution in [3.63, 3.8) is 0 Å². The minimum absolute atomic E-state index is 0.0134. The van der Waals surface area contributed by atoms with E-state index in [4.69, 9.17) is 27.2 Å². The van der Waals surface area contributed by atoms with E-state index in [0.29, 0.717) is 6.54 Å². The summed E-state index contributed by atoms with van der Waals surface area (Å²) in [7, 11) is 0. The highest BCUT2D eigenvalue weighted by Gasteiger charge is 2.19. The molecule has 0 aliphatic carbocycles. The Bertz CT molecular complexity index is 591. The fraction of sp³-hybridized carbons (Fsp3) is 0.810. The van der Waals surface area contributed by atoms with Gasteiger partial charge in [0.15, 0.2) is 18.1 Å². The molecule has 0 radical (unpaired) electrons. The van der Waals surface area contributed by atoms with Crippen LogP contribution in [0.25, 0.3) is 0 Å². The Balaban J connectivity index is 3.92. The molecule has 0 atom stereocenters. The number of nitriles is 1. The van der Waals surface area contributed by atoms with Crippen LogP contribution in [0.4, 0.5) is 0 Å². The molecule has 0 bridgehead atoms. The Hall–Kier alpha value is -2.54. The largest absolute Gasteiger partial charge is 0.356 e. The van der Waals surface area contributed by atoms with Crippen LogP contribution < -0.4 is 32.3 Å². The van der Waals surface area contributed by atoms with Crippen molar-refractivity contribution in [2.75, 3.05) is 13.1 Å². The fourth-order valence-electron chi connectivity index (χ4n) is 3.24. The number of hydrogen-bond acceptors (Lipinski definition) is 5. The lowest BCUT2D eigenvalue weighted by atomic mass is 9.96. The average molecular weight is 437 g/mol. The molecule has 0 aromatic carbocycles. The summed E-state index contributed by atoms with van der Waals surface area (Å²) in [4.78, 5) is 0. The van der Waals surface area contributed by atoms with Gasteiger partial charge in [-0.15, -0.1) is 0 Å². The molecular formula is C21H44N10. The molecule has 10 N–H and O–H groups in total. The van der Waals surface area contributed by atoms with Gasteiger partial charge in [0.1, 0.15) is 0 Å². The van der Waals surface area contributed by atoms with E-state index in [1.54, 1.807) is 6.19 Å². The Morgan fingerprint density at radius 3 is 1.84 bits per heavy atom. The zero-order valence-corrected chi connectivity index (χ0v) is 19.8. The molecule has 31 heavy (non-hydrogen) atoms. The van der Waals surface area contributed by atoms with Gasteiger partial charge in [-0.25, -0.2) is 0 Å². The van der Waals surface area contributed by atoms with Crippen molar-refractivity contribution in [3.8, 4) is 6.19 Å². The van der Waals surface area contributed by atoms with Gasteiger partial charge in [-0.3, -0.25) is 26.9 Å². The van der Waals surface area contributed by atoms with Gasteiger partial charge in [0.25, 0.3) is 0 Å². The standard InChI is InChI=1S/C21H44N10/c1-20(2,30-18(25)28-16-23)13-9-7-11-15-27-17(24)29-19(26)31-21(3,4)12-8-5-6-10-14-22/h5-15,22H2,1-4H3,(H3,25,28,30)(H5,24,26,27,29,31). The molecule has 0 unspecified atom stereocenters. The molecule has 0 heterocycles. The van der Waals surface area contributed by atoms with Gasteiger partial charge in [-0.1, -0.05) is 32.1 Å². The number of nitrogens with one attached hydrogen (secondary N) is 8. The van der Waals surface area contributed by atoms with E-state index in [1.807, 2.05) is 13.8 Å². The van der Waals surface area contributed by atoms with Crippen molar-refractivity contribution < 1.29 is 0 Å². The maximum Gasteiger partial charge on any atom is 0.202 e. The summed E-state index contributed by atoms with van der Waals surface area (Å²) in [6, 6.07) is 0. The Labute approximate surface area is 188 Å². The molecule has 0 spiro atoms. The van der Waals surface area contributed by atoms with Crippen LogP contribution in [0.15, 0.2) is 0 Å². The van der Waals surface area contributed by atoms with Crippen LogP contribution in [0, 0.1) is 27.7 Å². The van der Waals surface area contributed by atoms with Crippen molar-refractivity contribution >= 4 is 17.9 Å². The van der Waals surface area contributed by atoms with E-state index in [-0.39, 0.29) is 29.0 Å². The summed E-state index contributed by atoms with van der Waals surface area (Å²) >= 11 is 0. The van der Waals surface area contributed by atoms with Gasteiger partial charge in [-0.05, 0) is 59.9 Å². The van der Waals surface area contributed by atoms with Gasteiger partial charge in [0.05, 0.1) is 0 Å². The monoisotopic (exact) mass is 436 g/mol. The molecule has 0 rings (SSSR count). The third-order valence-electron chi connectivity index (χ3n) is 4.89. The van der Waals surface area contributed by atoms with E-state index in [1.165, 1.54) is 0 Å². The van der Waals surface area contributed by atoms with Crippen LogP contribution in [0.5, 0.6) is 0 Å². The van der Waals surface area contributed by atoms with Crippen LogP contribution in [0.3, 0.4) is 0 Å². The predicted molar refractivity (Wildman–Crippen MR) is 128 cm³/mol. The van der Waals surface area contributed by atoms with Crippen molar-refractivity contribution in [2.45, 2.75) is 96.6 Å². The van der Waals surface area contributed by atoms with E-state index in [0.717, 1.165) is 64.3 Å². The molecule has 0 aliphatic rings. The molecular weight excluding hydrogens is 392 g/mol. The summed E-state index contributed by atoms with van der Waals surface area (Å²) in [6.45, 7) is 9.53. The molecule has 10 heteroatoms. The molecule has 10 nitrogen and oxygen atoms in total. The van der Waals surface area contributed by atoms with Crippen LogP contribution in [0.1, 0.15) is 85.5 Å². The number of rotatable bonds is 14. The highest BCUT2D eigenvalue weighted by molar-refractivity contribution is 5.95. The topological polar surface area (TPSA) is 182 Å². The summed E-state index contributed by atoms with van der Waals surface area (Å²) in [5.41, 5.74) is 5.05. The van der Waals surface area contributed by atoms with Crippen LogP contribution in [0.2, 0.25) is 0 Å². The minimum atomic E-state index is -0.263. The van der Waals surface area contributed by atoms with Crippen LogP contribution in [-0.4, -0.2) is 42.0 Å². The van der Waals surface area contributed by atoms with Crippen molar-refractivity contribution in [2.24, 2.45) is 5.73 Å². The van der Waals surface area contributed by atoms with Gasteiger partial charge in [0.2, 0.25) is 5.96 Å². The molecule has 0 saturated carbocycles. The van der Waals surface area contributed by atoms with E-state index in [2.05, 4.69) is 40.4 Å². The molecule has 0 fully saturated rings. The second kappa shape index (κ2) is 15.3. The smallest absolute Gasteiger partial charge is 0.202 e. The lowest BCUT2D eigenvalue weighted by molar-refractivity contribution is 0.397. The summed E-state index contributed by atoms with van der Waals surface area (Å²) < 4.78 is 0. The zero-order valence-electron chi connectivity index (χ0n) is 19.8. The van der Waals surface area contributed by atoms with E-state index in [9.17, 15) is 0 Å². The molecule has 0 saturated heterocycles. The minimum Gasteiger partial charge on any atom is -0.356 e. The van der Waals surface area contributed by atoms with Crippen molar-refractivity contribution in [3.05, 3.63) is 0 Å². The maximum absolute atomic E-state index is 8.53. The molecule has 0 amide bonds. The molecule has 0 aromatic heterocycles. The fourth-order valence-corrected chi connectivity index (χ4v) is 3.24. The first-order valence-corrected chi connectivity index (χ1v) is 11.2. The highest BCUT2D eigenvalue weighted by atomic mass is 15.2. The highest BCUT2D eigenvalue weighted by Crippen LogP contribution is 2.15. The second-order valence-corrected chi connectivity index (χ2v) is 9.19. The van der Waals surface area contributed by atoms with Gasteiger partial charge >= 0.3 is 0 Å². The van der Waals surface area contributed by atoms with Gasteiger partial charge in [-0.2, -0.15) is 5.26 Å². The Kier molecular flexibility index (Phi) is 14.0. The first-order valence-electron chi connectivity index (χ1n) is 11.2. The number of nitrogens with two attached hydrogens (primary N) is 1. The Morgan fingerprint density at radius 2 is 1.29 bits per heavy atom. The lowest BCUT2D eigenvalue weighted by Gasteiger charge is -2.28. The summed E-state index contributed by atoms with van der Waals surface area (Å²) in [5.74, 6) is 0.263. The first-order chi connectivity index (χ1) is 14.5. The quantitative estimate of drug-likeness (QED) is 0.0657. The van der Waals surface area contributed by atoms with E-state index < -0.39 is 0 Å². The predicted octanol–water partition coefficient (Wildman–Crippen LogP) is 2.25. The third-order valence-corrected chi connectivity index (χ3v) is 4.89. The lowest BCUT2D eigenvalue weighted by Crippen LogP contribution is -2.52. The van der Waals surface area contributed by atoms with Crippen molar-refractivity contribution in [1.29, 1.82) is 21.5 Å². The Morgan fingerprint density at radius 1 is 0.774 bits per heavy atom. The third kappa shape index (κ3) is 16.9. The molecule has 178 valence electrons. The molecule has 0 aromatic rings. The van der Waals surface area contributed by atoms with Crippen LogP contribution >= 0.6 is 0 Å². The van der Waals surface area contributed by atoms with Crippen LogP contribution in [-0.2, 0) is 0 Å². The molecule has 0 aliphatic heterocycles. The first kappa shape index (κ1) is 28.5. The maximum atomic E-state index is 8.53.